The molecule has 0 saturated heterocycles. The third kappa shape index (κ3) is 3.15. The fourth-order valence-corrected chi connectivity index (χ4v) is 2.19. The Hall–Kier alpha value is -1.81. The zero-order valence-electron chi connectivity index (χ0n) is 11.8. The van der Waals surface area contributed by atoms with E-state index in [-0.39, 0.29) is 6.04 Å². The summed E-state index contributed by atoms with van der Waals surface area (Å²) in [5.41, 5.74) is 2.34. The zero-order chi connectivity index (χ0) is 13.7. The van der Waals surface area contributed by atoms with Crippen LogP contribution in [0.4, 0.5) is 0 Å². The lowest BCUT2D eigenvalue weighted by Crippen LogP contribution is -2.23. The Morgan fingerprint density at radius 2 is 2.21 bits per heavy atom. The molecule has 1 aromatic heterocycles. The molecule has 1 N–H and O–H groups in total. The molecule has 0 spiro atoms. The van der Waals surface area contributed by atoms with Gasteiger partial charge in [0.1, 0.15) is 5.75 Å². The van der Waals surface area contributed by atoms with Gasteiger partial charge in [0.2, 0.25) is 0 Å². The number of benzene rings is 1. The lowest BCUT2D eigenvalue weighted by atomic mass is 10.0. The van der Waals surface area contributed by atoms with Gasteiger partial charge in [0.15, 0.2) is 0 Å². The SMILES string of the molecule is CCNC(c1cccc(OCC)c1)c1cncn1C. The van der Waals surface area contributed by atoms with E-state index >= 15 is 0 Å². The summed E-state index contributed by atoms with van der Waals surface area (Å²) >= 11 is 0. The van der Waals surface area contributed by atoms with Gasteiger partial charge in [-0.2, -0.15) is 0 Å². The summed E-state index contributed by atoms with van der Waals surface area (Å²) in [5, 5.41) is 3.50. The summed E-state index contributed by atoms with van der Waals surface area (Å²) in [5.74, 6) is 0.907. The molecular formula is C15H21N3O. The van der Waals surface area contributed by atoms with Crippen molar-refractivity contribution in [1.29, 1.82) is 0 Å². The molecule has 0 aliphatic heterocycles. The second-order valence-corrected chi connectivity index (χ2v) is 4.43. The third-order valence-corrected chi connectivity index (χ3v) is 3.06. The Kier molecular flexibility index (Phi) is 4.58. The van der Waals surface area contributed by atoms with E-state index in [4.69, 9.17) is 4.74 Å². The van der Waals surface area contributed by atoms with Gasteiger partial charge in [-0.1, -0.05) is 19.1 Å². The number of aryl methyl sites for hydroxylation is 1. The van der Waals surface area contributed by atoms with Crippen molar-refractivity contribution in [2.75, 3.05) is 13.2 Å². The molecule has 1 heterocycles. The number of hydrogen-bond acceptors (Lipinski definition) is 3. The molecule has 1 atom stereocenters. The lowest BCUT2D eigenvalue weighted by molar-refractivity contribution is 0.339. The topological polar surface area (TPSA) is 39.1 Å². The Labute approximate surface area is 114 Å². The highest BCUT2D eigenvalue weighted by Crippen LogP contribution is 2.24. The molecule has 2 aromatic rings. The smallest absolute Gasteiger partial charge is 0.119 e. The van der Waals surface area contributed by atoms with Crippen LogP contribution in [0.1, 0.15) is 31.1 Å². The van der Waals surface area contributed by atoms with Crippen LogP contribution in [0.5, 0.6) is 5.75 Å². The van der Waals surface area contributed by atoms with Crippen molar-refractivity contribution in [2.24, 2.45) is 7.05 Å². The highest BCUT2D eigenvalue weighted by Gasteiger charge is 2.16. The Morgan fingerprint density at radius 1 is 1.37 bits per heavy atom. The molecular weight excluding hydrogens is 238 g/mol. The predicted octanol–water partition coefficient (Wildman–Crippen LogP) is 2.52. The second-order valence-electron chi connectivity index (χ2n) is 4.43. The van der Waals surface area contributed by atoms with Gasteiger partial charge < -0.3 is 14.6 Å². The monoisotopic (exact) mass is 259 g/mol. The minimum atomic E-state index is 0.137. The van der Waals surface area contributed by atoms with E-state index < -0.39 is 0 Å². The molecule has 1 aromatic carbocycles. The third-order valence-electron chi connectivity index (χ3n) is 3.06. The maximum Gasteiger partial charge on any atom is 0.119 e. The standard InChI is InChI=1S/C15H21N3O/c1-4-17-15(14-10-16-11-18(14)3)12-7-6-8-13(9-12)19-5-2/h6-11,15,17H,4-5H2,1-3H3. The molecule has 1 unspecified atom stereocenters. The molecule has 0 bridgehead atoms. The van der Waals surface area contributed by atoms with Crippen molar-refractivity contribution >= 4 is 0 Å². The second kappa shape index (κ2) is 6.38. The molecule has 19 heavy (non-hydrogen) atoms. The number of rotatable bonds is 6. The zero-order valence-corrected chi connectivity index (χ0v) is 11.8. The van der Waals surface area contributed by atoms with E-state index in [0.717, 1.165) is 18.0 Å². The van der Waals surface area contributed by atoms with Crippen LogP contribution in [0.15, 0.2) is 36.8 Å². The number of nitrogens with one attached hydrogen (secondary N) is 1. The van der Waals surface area contributed by atoms with E-state index in [1.165, 1.54) is 5.56 Å². The van der Waals surface area contributed by atoms with Crippen LogP contribution < -0.4 is 10.1 Å². The summed E-state index contributed by atoms with van der Waals surface area (Å²) in [7, 11) is 2.01. The molecule has 4 heteroatoms. The first-order valence-corrected chi connectivity index (χ1v) is 6.68. The fourth-order valence-electron chi connectivity index (χ4n) is 2.19. The highest BCUT2D eigenvalue weighted by molar-refractivity contribution is 5.34. The number of ether oxygens (including phenoxy) is 1. The summed E-state index contributed by atoms with van der Waals surface area (Å²) in [6.45, 7) is 5.68. The molecule has 0 aliphatic carbocycles. The minimum absolute atomic E-state index is 0.137. The number of imidazole rings is 1. The first-order chi connectivity index (χ1) is 9.26. The molecule has 102 valence electrons. The van der Waals surface area contributed by atoms with Gasteiger partial charge in [-0.05, 0) is 31.2 Å². The van der Waals surface area contributed by atoms with Gasteiger partial charge in [0.05, 0.1) is 30.9 Å². The molecule has 2 rings (SSSR count). The van der Waals surface area contributed by atoms with Crippen LogP contribution in [0, 0.1) is 0 Å². The van der Waals surface area contributed by atoms with Crippen molar-refractivity contribution in [3.8, 4) is 5.75 Å². The van der Waals surface area contributed by atoms with Crippen molar-refractivity contribution in [1.82, 2.24) is 14.9 Å². The first-order valence-electron chi connectivity index (χ1n) is 6.68. The number of aromatic nitrogens is 2. The Bertz CT molecular complexity index is 522. The maximum absolute atomic E-state index is 5.57. The fraction of sp³-hybridized carbons (Fsp3) is 0.400. The Balaban J connectivity index is 2.33. The number of hydrogen-bond donors (Lipinski definition) is 1. The van der Waals surface area contributed by atoms with Gasteiger partial charge in [-0.25, -0.2) is 4.98 Å². The van der Waals surface area contributed by atoms with Gasteiger partial charge >= 0.3 is 0 Å². The van der Waals surface area contributed by atoms with Gasteiger partial charge in [0.25, 0.3) is 0 Å². The molecule has 0 aliphatic rings. The van der Waals surface area contributed by atoms with Crippen LogP contribution >= 0.6 is 0 Å². The minimum Gasteiger partial charge on any atom is -0.494 e. The average Bonchev–Trinajstić information content (AvgIpc) is 2.83. The summed E-state index contributed by atoms with van der Waals surface area (Å²) in [4.78, 5) is 4.20. The Morgan fingerprint density at radius 3 is 2.84 bits per heavy atom. The van der Waals surface area contributed by atoms with Crippen molar-refractivity contribution in [2.45, 2.75) is 19.9 Å². The number of nitrogens with zero attached hydrogens (tertiary/aromatic N) is 2. The molecule has 0 fully saturated rings. The molecule has 4 nitrogen and oxygen atoms in total. The van der Waals surface area contributed by atoms with E-state index in [0.29, 0.717) is 6.61 Å². The average molecular weight is 259 g/mol. The molecule has 0 saturated carbocycles. The summed E-state index contributed by atoms with van der Waals surface area (Å²) in [6, 6.07) is 8.35. The van der Waals surface area contributed by atoms with Crippen LogP contribution in [0.25, 0.3) is 0 Å². The molecule has 0 radical (unpaired) electrons. The van der Waals surface area contributed by atoms with Crippen LogP contribution in [0.2, 0.25) is 0 Å². The largest absolute Gasteiger partial charge is 0.494 e. The van der Waals surface area contributed by atoms with Gasteiger partial charge in [-0.15, -0.1) is 0 Å². The quantitative estimate of drug-likeness (QED) is 0.866. The van der Waals surface area contributed by atoms with E-state index in [2.05, 4.69) is 29.4 Å². The van der Waals surface area contributed by atoms with Crippen LogP contribution in [-0.4, -0.2) is 22.7 Å². The van der Waals surface area contributed by atoms with Gasteiger partial charge in [-0.3, -0.25) is 0 Å². The lowest BCUT2D eigenvalue weighted by Gasteiger charge is -2.19. The van der Waals surface area contributed by atoms with E-state index in [9.17, 15) is 0 Å². The highest BCUT2D eigenvalue weighted by atomic mass is 16.5. The van der Waals surface area contributed by atoms with Crippen molar-refractivity contribution in [3.63, 3.8) is 0 Å². The van der Waals surface area contributed by atoms with Crippen LogP contribution in [-0.2, 0) is 7.05 Å². The van der Waals surface area contributed by atoms with Crippen molar-refractivity contribution in [3.05, 3.63) is 48.0 Å². The summed E-state index contributed by atoms with van der Waals surface area (Å²) < 4.78 is 7.61. The maximum atomic E-state index is 5.57. The van der Waals surface area contributed by atoms with E-state index in [1.807, 2.05) is 43.2 Å². The van der Waals surface area contributed by atoms with Crippen molar-refractivity contribution < 1.29 is 4.74 Å². The predicted molar refractivity (Wildman–Crippen MR) is 76.3 cm³/mol. The van der Waals surface area contributed by atoms with Crippen LogP contribution in [0.3, 0.4) is 0 Å². The first kappa shape index (κ1) is 13.6. The summed E-state index contributed by atoms with van der Waals surface area (Å²) in [6.07, 6.45) is 3.73. The normalized spacial score (nSPS) is 12.4. The van der Waals surface area contributed by atoms with E-state index in [1.54, 1.807) is 0 Å². The van der Waals surface area contributed by atoms with Gasteiger partial charge in [0, 0.05) is 7.05 Å². The molecule has 0 amide bonds.